The number of hydrogen-bond acceptors (Lipinski definition) is 3. The van der Waals surface area contributed by atoms with E-state index in [1.807, 2.05) is 0 Å². The Morgan fingerprint density at radius 1 is 0.800 bits per heavy atom. The second-order valence-electron chi connectivity index (χ2n) is 6.10. The summed E-state index contributed by atoms with van der Waals surface area (Å²) >= 11 is 0. The van der Waals surface area contributed by atoms with E-state index in [1.54, 1.807) is 0 Å². The van der Waals surface area contributed by atoms with E-state index in [0.29, 0.717) is 6.42 Å². The van der Waals surface area contributed by atoms with E-state index in [1.165, 1.54) is 25.7 Å². The molecule has 0 aliphatic rings. The molecule has 3 heteroatoms. The summed E-state index contributed by atoms with van der Waals surface area (Å²) < 4.78 is 0. The number of rotatable bonds is 17. The second kappa shape index (κ2) is 20.6. The first-order chi connectivity index (χ1) is 12.3. The number of nitrogens with one attached hydrogen (secondary N) is 1. The van der Waals surface area contributed by atoms with Crippen molar-refractivity contribution in [2.24, 2.45) is 0 Å². The molecule has 0 bridgehead atoms. The molecule has 0 fully saturated rings. The monoisotopic (exact) mass is 347 g/mol. The molecule has 0 amide bonds. The lowest BCUT2D eigenvalue weighted by molar-refractivity contribution is -0.118. The number of carbonyl (C=O) groups excluding carboxylic acids is 1. The summed E-state index contributed by atoms with van der Waals surface area (Å²) in [6, 6.07) is 0. The molecule has 0 radical (unpaired) electrons. The number of allylic oxidation sites excluding steroid dienone is 8. The Bertz CT molecular complexity index is 408. The third-order valence-electron chi connectivity index (χ3n) is 3.72. The number of carbonyl (C=O) groups is 1. The van der Waals surface area contributed by atoms with E-state index in [4.69, 9.17) is 5.11 Å². The smallest absolute Gasteiger partial charge is 0.146 e. The predicted molar refractivity (Wildman–Crippen MR) is 108 cm³/mol. The van der Waals surface area contributed by atoms with Crippen molar-refractivity contribution in [2.45, 2.75) is 71.1 Å². The molecule has 0 atom stereocenters. The van der Waals surface area contributed by atoms with Crippen LogP contribution in [0, 0.1) is 0 Å². The highest BCUT2D eigenvalue weighted by atomic mass is 16.3. The van der Waals surface area contributed by atoms with Crippen LogP contribution in [-0.4, -0.2) is 24.2 Å². The number of hydrogen-bond donors (Lipinski definition) is 2. The maximum Gasteiger partial charge on any atom is 0.146 e. The summed E-state index contributed by atoms with van der Waals surface area (Å²) in [4.78, 5) is 11.3. The van der Waals surface area contributed by atoms with E-state index in [-0.39, 0.29) is 19.1 Å². The van der Waals surface area contributed by atoms with Crippen LogP contribution in [0.4, 0.5) is 0 Å². The maximum atomic E-state index is 11.3. The Morgan fingerprint density at radius 2 is 1.32 bits per heavy atom. The summed E-state index contributed by atoms with van der Waals surface area (Å²) in [6.45, 7) is 2.37. The summed E-state index contributed by atoms with van der Waals surface area (Å²) in [5.74, 6) is 0.157. The standard InChI is InChI=1S/C22H37NO2/c1-2-3-4-5-6-7-8-9-10-11-12-13-14-15-16-17-18-19-22(25)20-23-21-24/h6-7,9-10,12-13,15-16,23-24H,2-5,8,11,14,17-21H2,1H3. The van der Waals surface area contributed by atoms with Gasteiger partial charge < -0.3 is 5.11 Å². The number of aliphatic hydroxyl groups is 1. The van der Waals surface area contributed by atoms with Crippen LogP contribution in [0.15, 0.2) is 48.6 Å². The van der Waals surface area contributed by atoms with Gasteiger partial charge >= 0.3 is 0 Å². The number of unbranched alkanes of at least 4 members (excludes halogenated alkanes) is 4. The van der Waals surface area contributed by atoms with Crippen LogP contribution in [0.25, 0.3) is 0 Å². The van der Waals surface area contributed by atoms with E-state index in [9.17, 15) is 4.79 Å². The highest BCUT2D eigenvalue weighted by Gasteiger charge is 1.98. The van der Waals surface area contributed by atoms with Crippen molar-refractivity contribution < 1.29 is 9.90 Å². The Kier molecular flexibility index (Phi) is 19.4. The molecule has 142 valence electrons. The first-order valence-electron chi connectivity index (χ1n) is 9.74. The highest BCUT2D eigenvalue weighted by molar-refractivity contribution is 5.80. The zero-order valence-electron chi connectivity index (χ0n) is 16.0. The van der Waals surface area contributed by atoms with Gasteiger partial charge in [0.05, 0.1) is 13.3 Å². The fourth-order valence-electron chi connectivity index (χ4n) is 2.26. The quantitative estimate of drug-likeness (QED) is 0.215. The van der Waals surface area contributed by atoms with E-state index in [2.05, 4.69) is 60.8 Å². The van der Waals surface area contributed by atoms with Crippen LogP contribution in [0.1, 0.15) is 71.1 Å². The van der Waals surface area contributed by atoms with E-state index in [0.717, 1.165) is 32.1 Å². The fraction of sp³-hybridized carbons (Fsp3) is 0.591. The van der Waals surface area contributed by atoms with Crippen molar-refractivity contribution in [3.05, 3.63) is 48.6 Å². The molecule has 0 saturated carbocycles. The summed E-state index contributed by atoms with van der Waals surface area (Å²) in [7, 11) is 0. The lowest BCUT2D eigenvalue weighted by Crippen LogP contribution is -2.23. The molecule has 0 aromatic carbocycles. The molecular formula is C22H37NO2. The number of Topliss-reactive ketones (excluding diaryl/α,β-unsaturated/α-hetero) is 1. The molecule has 0 aliphatic carbocycles. The molecule has 0 aromatic rings. The van der Waals surface area contributed by atoms with Crippen molar-refractivity contribution in [3.8, 4) is 0 Å². The lowest BCUT2D eigenvalue weighted by atomic mass is 10.1. The Labute approximate surface area is 154 Å². The van der Waals surface area contributed by atoms with Crippen LogP contribution in [-0.2, 0) is 4.79 Å². The van der Waals surface area contributed by atoms with Gasteiger partial charge in [0.25, 0.3) is 0 Å². The van der Waals surface area contributed by atoms with Crippen molar-refractivity contribution in [2.75, 3.05) is 13.3 Å². The maximum absolute atomic E-state index is 11.3. The zero-order chi connectivity index (χ0) is 18.4. The van der Waals surface area contributed by atoms with Gasteiger partial charge in [-0.15, -0.1) is 0 Å². The summed E-state index contributed by atoms with van der Waals surface area (Å²) in [6.07, 6.45) is 28.1. The number of ketones is 1. The molecule has 25 heavy (non-hydrogen) atoms. The molecular weight excluding hydrogens is 310 g/mol. The first kappa shape index (κ1) is 23.5. The van der Waals surface area contributed by atoms with E-state index >= 15 is 0 Å². The van der Waals surface area contributed by atoms with Gasteiger partial charge in [-0.3, -0.25) is 10.1 Å². The normalized spacial score (nSPS) is 12.4. The molecule has 0 spiro atoms. The largest absolute Gasteiger partial charge is 0.381 e. The second-order valence-corrected chi connectivity index (χ2v) is 6.10. The van der Waals surface area contributed by atoms with Gasteiger partial charge in [0, 0.05) is 6.42 Å². The fourth-order valence-corrected chi connectivity index (χ4v) is 2.26. The predicted octanol–water partition coefficient (Wildman–Crippen LogP) is 5.24. The zero-order valence-corrected chi connectivity index (χ0v) is 16.0. The van der Waals surface area contributed by atoms with Crippen LogP contribution < -0.4 is 5.32 Å². The van der Waals surface area contributed by atoms with Crippen molar-refractivity contribution in [1.29, 1.82) is 0 Å². The Hall–Kier alpha value is -1.45. The summed E-state index contributed by atoms with van der Waals surface area (Å²) in [5, 5.41) is 11.2. The molecule has 0 aliphatic heterocycles. The minimum atomic E-state index is -0.136. The Balaban J connectivity index is 3.44. The first-order valence-corrected chi connectivity index (χ1v) is 9.74. The molecule has 3 nitrogen and oxygen atoms in total. The van der Waals surface area contributed by atoms with Gasteiger partial charge in [-0.05, 0) is 44.9 Å². The van der Waals surface area contributed by atoms with Crippen LogP contribution in [0.3, 0.4) is 0 Å². The minimum Gasteiger partial charge on any atom is -0.381 e. The Morgan fingerprint density at radius 3 is 1.84 bits per heavy atom. The molecule has 2 N–H and O–H groups in total. The third-order valence-corrected chi connectivity index (χ3v) is 3.72. The molecule has 0 saturated heterocycles. The van der Waals surface area contributed by atoms with Gasteiger partial charge in [0.15, 0.2) is 0 Å². The van der Waals surface area contributed by atoms with Crippen LogP contribution >= 0.6 is 0 Å². The molecule has 0 rings (SSSR count). The van der Waals surface area contributed by atoms with Gasteiger partial charge in [-0.1, -0.05) is 68.4 Å². The van der Waals surface area contributed by atoms with Crippen LogP contribution in [0.5, 0.6) is 0 Å². The third kappa shape index (κ3) is 20.5. The van der Waals surface area contributed by atoms with Crippen molar-refractivity contribution in [3.63, 3.8) is 0 Å². The van der Waals surface area contributed by atoms with Gasteiger partial charge in [-0.25, -0.2) is 0 Å². The summed E-state index contributed by atoms with van der Waals surface area (Å²) in [5.41, 5.74) is 0. The van der Waals surface area contributed by atoms with Crippen molar-refractivity contribution >= 4 is 5.78 Å². The lowest BCUT2D eigenvalue weighted by Gasteiger charge is -1.99. The topological polar surface area (TPSA) is 49.3 Å². The highest BCUT2D eigenvalue weighted by Crippen LogP contribution is 2.01. The van der Waals surface area contributed by atoms with E-state index < -0.39 is 0 Å². The average Bonchev–Trinajstić information content (AvgIpc) is 2.62. The SMILES string of the molecule is CCCCCC=CCC=CCC=CCC=CCCCC(=O)CNCO. The van der Waals surface area contributed by atoms with Gasteiger partial charge in [0.1, 0.15) is 5.78 Å². The molecule has 0 aromatic heterocycles. The van der Waals surface area contributed by atoms with Crippen molar-refractivity contribution in [1.82, 2.24) is 5.32 Å². The minimum absolute atomic E-state index is 0.136. The molecule has 0 heterocycles. The van der Waals surface area contributed by atoms with Crippen LogP contribution in [0.2, 0.25) is 0 Å². The average molecular weight is 348 g/mol. The van der Waals surface area contributed by atoms with Gasteiger partial charge in [-0.2, -0.15) is 0 Å². The molecule has 0 unspecified atom stereocenters. The van der Waals surface area contributed by atoms with Gasteiger partial charge in [0.2, 0.25) is 0 Å². The number of aliphatic hydroxyl groups excluding tert-OH is 1.